The molecule has 0 bridgehead atoms. The van der Waals surface area contributed by atoms with Crippen LogP contribution in [-0.2, 0) is 6.42 Å². The van der Waals surface area contributed by atoms with Crippen LogP contribution in [0.4, 0.5) is 0 Å². The summed E-state index contributed by atoms with van der Waals surface area (Å²) in [5, 5.41) is 11.6. The van der Waals surface area contributed by atoms with Gasteiger partial charge in [-0.1, -0.05) is 0 Å². The van der Waals surface area contributed by atoms with E-state index in [2.05, 4.69) is 20.5 Å². The second kappa shape index (κ2) is 3.58. The van der Waals surface area contributed by atoms with E-state index in [1.807, 2.05) is 16.7 Å². The molecule has 0 saturated carbocycles. The number of nitrogens with zero attached hydrogens (tertiary/aromatic N) is 4. The molecule has 1 aliphatic heterocycles. The van der Waals surface area contributed by atoms with Crippen molar-refractivity contribution in [3.8, 4) is 0 Å². The molecule has 0 aromatic carbocycles. The summed E-state index contributed by atoms with van der Waals surface area (Å²) in [4.78, 5) is 4.15. The Morgan fingerprint density at radius 1 is 1.47 bits per heavy atom. The van der Waals surface area contributed by atoms with E-state index in [0.29, 0.717) is 11.7 Å². The van der Waals surface area contributed by atoms with Crippen molar-refractivity contribution >= 4 is 5.78 Å². The van der Waals surface area contributed by atoms with E-state index in [-0.39, 0.29) is 0 Å². The number of aromatic nitrogens is 4. The van der Waals surface area contributed by atoms with Gasteiger partial charge in [0, 0.05) is 18.8 Å². The molecule has 78 valence electrons. The fraction of sp³-hybridized carbons (Fsp3) is 0.500. The molecular weight excluding hydrogens is 190 g/mol. The van der Waals surface area contributed by atoms with Crippen molar-refractivity contribution < 1.29 is 0 Å². The second-order valence-electron chi connectivity index (χ2n) is 3.97. The molecule has 1 atom stereocenters. The monoisotopic (exact) mass is 203 g/mol. The summed E-state index contributed by atoms with van der Waals surface area (Å²) >= 11 is 0. The lowest BCUT2D eigenvalue weighted by atomic mass is 10.1. The Morgan fingerprint density at radius 2 is 2.47 bits per heavy atom. The maximum Gasteiger partial charge on any atom is 0.254 e. The Balaban J connectivity index is 1.90. The molecule has 1 unspecified atom stereocenters. The number of nitrogens with one attached hydrogen (secondary N) is 1. The van der Waals surface area contributed by atoms with Crippen LogP contribution in [0.15, 0.2) is 18.5 Å². The molecule has 1 N–H and O–H groups in total. The summed E-state index contributed by atoms with van der Waals surface area (Å²) in [6.07, 6.45) is 5.93. The molecule has 1 aliphatic rings. The Bertz CT molecular complexity index is 458. The van der Waals surface area contributed by atoms with Gasteiger partial charge in [-0.15, -0.1) is 10.2 Å². The van der Waals surface area contributed by atoms with Crippen molar-refractivity contribution in [1.29, 1.82) is 0 Å². The second-order valence-corrected chi connectivity index (χ2v) is 3.97. The molecule has 0 aliphatic carbocycles. The molecule has 3 heterocycles. The SMILES string of the molecule is c1cnc2nnc(CC3CCNC3)n2c1. The first-order valence-corrected chi connectivity index (χ1v) is 5.29. The Labute approximate surface area is 87.5 Å². The van der Waals surface area contributed by atoms with Gasteiger partial charge in [-0.3, -0.25) is 4.40 Å². The zero-order valence-corrected chi connectivity index (χ0v) is 8.43. The minimum Gasteiger partial charge on any atom is -0.316 e. The summed E-state index contributed by atoms with van der Waals surface area (Å²) in [5.74, 6) is 2.41. The fourth-order valence-electron chi connectivity index (χ4n) is 2.08. The molecule has 15 heavy (non-hydrogen) atoms. The largest absolute Gasteiger partial charge is 0.316 e. The lowest BCUT2D eigenvalue weighted by Gasteiger charge is -2.05. The van der Waals surface area contributed by atoms with Gasteiger partial charge < -0.3 is 5.32 Å². The molecule has 0 radical (unpaired) electrons. The van der Waals surface area contributed by atoms with Crippen molar-refractivity contribution in [2.75, 3.05) is 13.1 Å². The first kappa shape index (κ1) is 8.79. The Morgan fingerprint density at radius 3 is 3.33 bits per heavy atom. The molecule has 5 nitrogen and oxygen atoms in total. The van der Waals surface area contributed by atoms with Crippen LogP contribution in [0.3, 0.4) is 0 Å². The van der Waals surface area contributed by atoms with Crippen molar-refractivity contribution in [3.63, 3.8) is 0 Å². The van der Waals surface area contributed by atoms with Crippen LogP contribution in [0.2, 0.25) is 0 Å². The zero-order chi connectivity index (χ0) is 10.1. The molecule has 3 rings (SSSR count). The third-order valence-corrected chi connectivity index (χ3v) is 2.89. The van der Waals surface area contributed by atoms with E-state index in [0.717, 1.165) is 25.3 Å². The molecule has 1 fully saturated rings. The first-order valence-electron chi connectivity index (χ1n) is 5.29. The molecular formula is C10H13N5. The highest BCUT2D eigenvalue weighted by atomic mass is 15.3. The Kier molecular flexibility index (Phi) is 2.10. The van der Waals surface area contributed by atoms with Crippen molar-refractivity contribution in [3.05, 3.63) is 24.3 Å². The molecule has 1 saturated heterocycles. The lowest BCUT2D eigenvalue weighted by Crippen LogP contribution is -2.12. The van der Waals surface area contributed by atoms with Crippen LogP contribution in [0, 0.1) is 5.92 Å². The molecule has 2 aromatic rings. The average Bonchev–Trinajstić information content (AvgIpc) is 2.89. The van der Waals surface area contributed by atoms with E-state index in [4.69, 9.17) is 0 Å². The average molecular weight is 203 g/mol. The third-order valence-electron chi connectivity index (χ3n) is 2.89. The van der Waals surface area contributed by atoms with E-state index in [9.17, 15) is 0 Å². The van der Waals surface area contributed by atoms with Gasteiger partial charge in [-0.2, -0.15) is 0 Å². The number of hydrogen-bond donors (Lipinski definition) is 1. The van der Waals surface area contributed by atoms with E-state index < -0.39 is 0 Å². The van der Waals surface area contributed by atoms with Crippen molar-refractivity contribution in [1.82, 2.24) is 24.9 Å². The number of fused-ring (bicyclic) bond motifs is 1. The zero-order valence-electron chi connectivity index (χ0n) is 8.43. The normalized spacial score (nSPS) is 21.2. The maximum atomic E-state index is 4.18. The van der Waals surface area contributed by atoms with Gasteiger partial charge in [-0.05, 0) is 31.5 Å². The van der Waals surface area contributed by atoms with Gasteiger partial charge in [0.1, 0.15) is 5.82 Å². The predicted octanol–water partition coefficient (Wildman–Crippen LogP) is 0.276. The fourth-order valence-corrected chi connectivity index (χ4v) is 2.08. The maximum absolute atomic E-state index is 4.18. The first-order chi connectivity index (χ1) is 7.43. The Hall–Kier alpha value is -1.49. The lowest BCUT2D eigenvalue weighted by molar-refractivity contribution is 0.558. The predicted molar refractivity (Wildman–Crippen MR) is 55.5 cm³/mol. The van der Waals surface area contributed by atoms with Crippen LogP contribution >= 0.6 is 0 Å². The van der Waals surface area contributed by atoms with Crippen molar-refractivity contribution in [2.24, 2.45) is 5.92 Å². The van der Waals surface area contributed by atoms with Crippen LogP contribution < -0.4 is 5.32 Å². The summed E-state index contributed by atoms with van der Waals surface area (Å²) < 4.78 is 1.97. The van der Waals surface area contributed by atoms with E-state index >= 15 is 0 Å². The molecule has 0 spiro atoms. The van der Waals surface area contributed by atoms with Gasteiger partial charge in [0.2, 0.25) is 0 Å². The van der Waals surface area contributed by atoms with Gasteiger partial charge in [-0.25, -0.2) is 4.98 Å². The number of hydrogen-bond acceptors (Lipinski definition) is 4. The highest BCUT2D eigenvalue weighted by Gasteiger charge is 2.17. The molecule has 5 heteroatoms. The van der Waals surface area contributed by atoms with Gasteiger partial charge in [0.15, 0.2) is 0 Å². The highest BCUT2D eigenvalue weighted by molar-refractivity contribution is 5.26. The third kappa shape index (κ3) is 1.59. The smallest absolute Gasteiger partial charge is 0.254 e. The summed E-state index contributed by atoms with van der Waals surface area (Å²) in [6.45, 7) is 2.22. The highest BCUT2D eigenvalue weighted by Crippen LogP contribution is 2.13. The van der Waals surface area contributed by atoms with E-state index in [1.165, 1.54) is 6.42 Å². The van der Waals surface area contributed by atoms with Crippen LogP contribution in [0.25, 0.3) is 5.78 Å². The number of rotatable bonds is 2. The van der Waals surface area contributed by atoms with Crippen LogP contribution in [0.1, 0.15) is 12.2 Å². The molecule has 0 amide bonds. The minimum atomic E-state index is 0.692. The summed E-state index contributed by atoms with van der Waals surface area (Å²) in [5.41, 5.74) is 0. The standard InChI is InChI=1S/C10H13N5/c1-3-12-10-14-13-9(15(10)5-1)6-8-2-4-11-7-8/h1,3,5,8,11H,2,4,6-7H2. The van der Waals surface area contributed by atoms with E-state index in [1.54, 1.807) is 6.20 Å². The summed E-state index contributed by atoms with van der Waals surface area (Å²) in [7, 11) is 0. The van der Waals surface area contributed by atoms with Gasteiger partial charge in [0.25, 0.3) is 5.78 Å². The van der Waals surface area contributed by atoms with Crippen molar-refractivity contribution in [2.45, 2.75) is 12.8 Å². The minimum absolute atomic E-state index is 0.692. The topological polar surface area (TPSA) is 55.1 Å². The molecule has 2 aromatic heterocycles. The van der Waals surface area contributed by atoms with Crippen LogP contribution in [0.5, 0.6) is 0 Å². The van der Waals surface area contributed by atoms with Crippen LogP contribution in [-0.4, -0.2) is 32.7 Å². The van der Waals surface area contributed by atoms with Gasteiger partial charge in [0.05, 0.1) is 0 Å². The summed E-state index contributed by atoms with van der Waals surface area (Å²) in [6, 6.07) is 1.91. The quantitative estimate of drug-likeness (QED) is 0.761. The van der Waals surface area contributed by atoms with Gasteiger partial charge >= 0.3 is 0 Å².